The molecule has 8 heteroatoms. The molecule has 2 N–H and O–H groups in total. The van der Waals surface area contributed by atoms with Crippen molar-refractivity contribution in [3.63, 3.8) is 0 Å². The molecule has 0 aliphatic rings. The summed E-state index contributed by atoms with van der Waals surface area (Å²) in [6.07, 6.45) is 3.56. The molecule has 0 spiro atoms. The number of sulfonamides is 1. The van der Waals surface area contributed by atoms with Gasteiger partial charge in [-0.2, -0.15) is 8.42 Å². The maximum absolute atomic E-state index is 13.4. The molecule has 0 unspecified atom stereocenters. The van der Waals surface area contributed by atoms with Gasteiger partial charge in [0.15, 0.2) is 10.8 Å². The molecule has 0 aliphatic heterocycles. The Morgan fingerprint density at radius 2 is 2.00 bits per heavy atom. The average molecular weight is 282 g/mol. The van der Waals surface area contributed by atoms with E-state index in [0.29, 0.717) is 5.69 Å². The van der Waals surface area contributed by atoms with Crippen LogP contribution in [-0.4, -0.2) is 25.4 Å². The van der Waals surface area contributed by atoms with Gasteiger partial charge >= 0.3 is 0 Å². The van der Waals surface area contributed by atoms with Gasteiger partial charge in [-0.15, -0.1) is 0 Å². The first-order valence-corrected chi connectivity index (χ1v) is 6.78. The van der Waals surface area contributed by atoms with Crippen molar-refractivity contribution in [2.24, 2.45) is 0 Å². The molecule has 0 bridgehead atoms. The van der Waals surface area contributed by atoms with Gasteiger partial charge in [0.1, 0.15) is 0 Å². The lowest BCUT2D eigenvalue weighted by molar-refractivity contribution is 0.595. The number of nitrogens with one attached hydrogen (secondary N) is 2. The zero-order chi connectivity index (χ0) is 13.9. The SMILES string of the molecule is CNc1cccnc1S(=O)(=O)Nc1ccncc1F. The number of halogens is 1. The van der Waals surface area contributed by atoms with Crippen molar-refractivity contribution in [2.45, 2.75) is 5.03 Å². The van der Waals surface area contributed by atoms with Crippen molar-refractivity contribution in [3.05, 3.63) is 42.6 Å². The maximum Gasteiger partial charge on any atom is 0.281 e. The molecule has 0 aliphatic carbocycles. The standard InChI is InChI=1S/C11H11FN4O2S/c1-13-10-3-2-5-15-11(10)19(17,18)16-9-4-6-14-7-8(9)12/h2-7,13H,1H3,(H,14,16). The Morgan fingerprint density at radius 3 is 2.68 bits per heavy atom. The summed E-state index contributed by atoms with van der Waals surface area (Å²) >= 11 is 0. The van der Waals surface area contributed by atoms with E-state index in [2.05, 4.69) is 20.0 Å². The Balaban J connectivity index is 2.41. The first kappa shape index (κ1) is 13.2. The molecule has 0 atom stereocenters. The highest BCUT2D eigenvalue weighted by molar-refractivity contribution is 7.92. The summed E-state index contributed by atoms with van der Waals surface area (Å²) in [7, 11) is -2.40. The summed E-state index contributed by atoms with van der Waals surface area (Å²) in [5.74, 6) is -0.756. The molecular weight excluding hydrogens is 271 g/mol. The summed E-state index contributed by atoms with van der Waals surface area (Å²) in [6, 6.07) is 4.39. The van der Waals surface area contributed by atoms with Gasteiger partial charge in [-0.25, -0.2) is 9.37 Å². The first-order valence-electron chi connectivity index (χ1n) is 5.29. The van der Waals surface area contributed by atoms with E-state index in [1.807, 2.05) is 0 Å². The summed E-state index contributed by atoms with van der Waals surface area (Å²) in [5.41, 5.74) is 0.146. The van der Waals surface area contributed by atoms with Gasteiger partial charge in [0.25, 0.3) is 10.0 Å². The van der Waals surface area contributed by atoms with E-state index in [1.165, 1.54) is 18.5 Å². The second-order valence-corrected chi connectivity index (χ2v) is 5.16. The fraction of sp³-hybridized carbons (Fsp3) is 0.0909. The lowest BCUT2D eigenvalue weighted by Gasteiger charge is -2.10. The third-order valence-corrected chi connectivity index (χ3v) is 3.63. The number of aromatic nitrogens is 2. The van der Waals surface area contributed by atoms with Gasteiger partial charge in [0.05, 0.1) is 17.6 Å². The van der Waals surface area contributed by atoms with Gasteiger partial charge < -0.3 is 5.32 Å². The fourth-order valence-corrected chi connectivity index (χ4v) is 2.66. The lowest BCUT2D eigenvalue weighted by atomic mass is 10.4. The van der Waals surface area contributed by atoms with E-state index >= 15 is 0 Å². The highest BCUT2D eigenvalue weighted by atomic mass is 32.2. The fourth-order valence-electron chi connectivity index (χ4n) is 1.45. The van der Waals surface area contributed by atoms with Crippen LogP contribution in [0.2, 0.25) is 0 Å². The average Bonchev–Trinajstić information content (AvgIpc) is 2.41. The minimum Gasteiger partial charge on any atom is -0.386 e. The number of nitrogens with zero attached hydrogens (tertiary/aromatic N) is 2. The normalized spacial score (nSPS) is 11.1. The largest absolute Gasteiger partial charge is 0.386 e. The number of pyridine rings is 2. The quantitative estimate of drug-likeness (QED) is 0.887. The zero-order valence-corrected chi connectivity index (χ0v) is 10.8. The lowest BCUT2D eigenvalue weighted by Crippen LogP contribution is -2.17. The van der Waals surface area contributed by atoms with Crippen LogP contribution in [0.5, 0.6) is 0 Å². The van der Waals surface area contributed by atoms with Crippen LogP contribution >= 0.6 is 0 Å². The number of hydrogen-bond donors (Lipinski definition) is 2. The molecular formula is C11H11FN4O2S. The van der Waals surface area contributed by atoms with Crippen molar-refractivity contribution >= 4 is 21.4 Å². The minimum absolute atomic E-state index is 0.178. The number of hydrogen-bond acceptors (Lipinski definition) is 5. The molecule has 2 heterocycles. The minimum atomic E-state index is -3.97. The zero-order valence-electron chi connectivity index (χ0n) is 9.96. The van der Waals surface area contributed by atoms with E-state index in [4.69, 9.17) is 0 Å². The van der Waals surface area contributed by atoms with E-state index in [0.717, 1.165) is 6.20 Å². The van der Waals surface area contributed by atoms with Gasteiger partial charge in [-0.05, 0) is 18.2 Å². The summed E-state index contributed by atoms with van der Waals surface area (Å²) in [4.78, 5) is 7.34. The molecule has 0 aromatic carbocycles. The molecule has 19 heavy (non-hydrogen) atoms. The maximum atomic E-state index is 13.4. The van der Waals surface area contributed by atoms with Crippen LogP contribution in [0.25, 0.3) is 0 Å². The molecule has 2 aromatic heterocycles. The van der Waals surface area contributed by atoms with Crippen LogP contribution in [0, 0.1) is 5.82 Å². The smallest absolute Gasteiger partial charge is 0.281 e. The Labute approximate surface area is 109 Å². The number of anilines is 2. The highest BCUT2D eigenvalue weighted by Crippen LogP contribution is 2.21. The van der Waals surface area contributed by atoms with Crippen LogP contribution in [0.15, 0.2) is 41.8 Å². The highest BCUT2D eigenvalue weighted by Gasteiger charge is 2.21. The Morgan fingerprint density at radius 1 is 1.21 bits per heavy atom. The van der Waals surface area contributed by atoms with Gasteiger partial charge in [0.2, 0.25) is 0 Å². The van der Waals surface area contributed by atoms with Crippen LogP contribution in [0.1, 0.15) is 0 Å². The summed E-state index contributed by atoms with van der Waals surface area (Å²) < 4.78 is 39.8. The van der Waals surface area contributed by atoms with E-state index < -0.39 is 15.8 Å². The molecule has 0 saturated carbocycles. The molecule has 0 radical (unpaired) electrons. The number of rotatable bonds is 4. The second-order valence-electron chi connectivity index (χ2n) is 3.57. The Hall–Kier alpha value is -2.22. The monoisotopic (exact) mass is 282 g/mol. The molecule has 0 fully saturated rings. The van der Waals surface area contributed by atoms with Crippen molar-refractivity contribution in [2.75, 3.05) is 17.1 Å². The molecule has 0 saturated heterocycles. The van der Waals surface area contributed by atoms with Crippen LogP contribution in [0.4, 0.5) is 15.8 Å². The second kappa shape index (κ2) is 5.19. The van der Waals surface area contributed by atoms with Crippen LogP contribution < -0.4 is 10.0 Å². The van der Waals surface area contributed by atoms with Gasteiger partial charge in [0, 0.05) is 19.4 Å². The van der Waals surface area contributed by atoms with Crippen molar-refractivity contribution in [1.82, 2.24) is 9.97 Å². The topological polar surface area (TPSA) is 84.0 Å². The van der Waals surface area contributed by atoms with Crippen molar-refractivity contribution in [3.8, 4) is 0 Å². The predicted octanol–water partition coefficient (Wildman–Crippen LogP) is 1.46. The Bertz CT molecular complexity index is 691. The van der Waals surface area contributed by atoms with Crippen molar-refractivity contribution < 1.29 is 12.8 Å². The van der Waals surface area contributed by atoms with Crippen LogP contribution in [0.3, 0.4) is 0 Å². The predicted molar refractivity (Wildman–Crippen MR) is 68.8 cm³/mol. The molecule has 100 valence electrons. The summed E-state index contributed by atoms with van der Waals surface area (Å²) in [5, 5.41) is 2.51. The summed E-state index contributed by atoms with van der Waals surface area (Å²) in [6.45, 7) is 0. The third-order valence-electron chi connectivity index (χ3n) is 2.31. The van der Waals surface area contributed by atoms with Gasteiger partial charge in [-0.1, -0.05) is 0 Å². The van der Waals surface area contributed by atoms with Gasteiger partial charge in [-0.3, -0.25) is 9.71 Å². The third kappa shape index (κ3) is 2.79. The first-order chi connectivity index (χ1) is 9.04. The van der Waals surface area contributed by atoms with E-state index in [-0.39, 0.29) is 10.7 Å². The molecule has 2 rings (SSSR count). The van der Waals surface area contributed by atoms with Crippen molar-refractivity contribution in [1.29, 1.82) is 0 Å². The molecule has 6 nitrogen and oxygen atoms in total. The molecule has 0 amide bonds. The Kier molecular flexibility index (Phi) is 3.61. The van der Waals surface area contributed by atoms with Crippen LogP contribution in [-0.2, 0) is 10.0 Å². The van der Waals surface area contributed by atoms with E-state index in [1.54, 1.807) is 19.2 Å². The molecule has 2 aromatic rings. The van der Waals surface area contributed by atoms with E-state index in [9.17, 15) is 12.8 Å².